The third-order valence-electron chi connectivity index (χ3n) is 4.19. The summed E-state index contributed by atoms with van der Waals surface area (Å²) in [6, 6.07) is 8.38. The molecular weight excluding hydrogens is 320 g/mol. The quantitative estimate of drug-likeness (QED) is 0.733. The number of carbonyl (C=O) groups excluding carboxylic acids is 1. The van der Waals surface area contributed by atoms with E-state index in [4.69, 9.17) is 0 Å². The Morgan fingerprint density at radius 3 is 2.46 bits per heavy atom. The molecular formula is C19H20N2O2S. The summed E-state index contributed by atoms with van der Waals surface area (Å²) < 4.78 is 0. The first kappa shape index (κ1) is 16.6. The number of benzene rings is 1. The number of carbonyl (C=O) groups is 1. The Kier molecular flexibility index (Phi) is 4.13. The van der Waals surface area contributed by atoms with Crippen LogP contribution in [0.5, 0.6) is 0 Å². The molecule has 1 aromatic carbocycles. The van der Waals surface area contributed by atoms with Gasteiger partial charge < -0.3 is 4.98 Å². The minimum atomic E-state index is -0.178. The van der Waals surface area contributed by atoms with Gasteiger partial charge in [-0.25, -0.2) is 4.98 Å². The Morgan fingerprint density at radius 1 is 1.21 bits per heavy atom. The molecule has 0 aliphatic heterocycles. The Balaban J connectivity index is 1.96. The molecule has 3 rings (SSSR count). The second-order valence-corrected chi connectivity index (χ2v) is 8.06. The Morgan fingerprint density at radius 2 is 1.88 bits per heavy atom. The second kappa shape index (κ2) is 5.98. The fourth-order valence-corrected chi connectivity index (χ4v) is 3.73. The van der Waals surface area contributed by atoms with Crippen molar-refractivity contribution in [3.05, 3.63) is 62.0 Å². The van der Waals surface area contributed by atoms with Gasteiger partial charge in [-0.1, -0.05) is 45.0 Å². The average molecular weight is 340 g/mol. The molecule has 3 aromatic rings. The van der Waals surface area contributed by atoms with Gasteiger partial charge in [-0.05, 0) is 29.0 Å². The zero-order valence-electron chi connectivity index (χ0n) is 14.3. The number of fused-ring (bicyclic) bond motifs is 1. The zero-order chi connectivity index (χ0) is 17.5. The Hall–Kier alpha value is -2.27. The maximum atomic E-state index is 12.3. The van der Waals surface area contributed by atoms with Crippen LogP contribution < -0.4 is 5.56 Å². The summed E-state index contributed by atoms with van der Waals surface area (Å²) >= 11 is 1.27. The lowest BCUT2D eigenvalue weighted by atomic mass is 9.86. The highest BCUT2D eigenvalue weighted by molar-refractivity contribution is 7.20. The van der Waals surface area contributed by atoms with Crippen molar-refractivity contribution in [1.29, 1.82) is 0 Å². The predicted octanol–water partition coefficient (Wildman–Crippen LogP) is 3.99. The van der Waals surface area contributed by atoms with E-state index in [1.807, 2.05) is 0 Å². The number of aromatic amines is 1. The molecule has 0 atom stereocenters. The molecule has 0 saturated heterocycles. The number of nitrogens with one attached hydrogen (secondary N) is 1. The van der Waals surface area contributed by atoms with Crippen LogP contribution in [0.3, 0.4) is 0 Å². The summed E-state index contributed by atoms with van der Waals surface area (Å²) in [5.41, 5.74) is 3.01. The van der Waals surface area contributed by atoms with Crippen molar-refractivity contribution in [2.24, 2.45) is 0 Å². The Labute approximate surface area is 144 Å². The van der Waals surface area contributed by atoms with Crippen LogP contribution in [0, 0.1) is 6.92 Å². The monoisotopic (exact) mass is 340 g/mol. The van der Waals surface area contributed by atoms with E-state index in [2.05, 4.69) is 55.0 Å². The molecule has 2 aromatic heterocycles. The minimum Gasteiger partial charge on any atom is -0.310 e. The third-order valence-corrected chi connectivity index (χ3v) is 5.30. The van der Waals surface area contributed by atoms with Gasteiger partial charge in [0.05, 0.1) is 10.3 Å². The number of thiophene rings is 1. The highest BCUT2D eigenvalue weighted by Gasteiger charge is 2.15. The lowest BCUT2D eigenvalue weighted by molar-refractivity contribution is 0.112. The van der Waals surface area contributed by atoms with Crippen molar-refractivity contribution in [2.45, 2.75) is 39.5 Å². The van der Waals surface area contributed by atoms with Gasteiger partial charge in [0.15, 0.2) is 6.29 Å². The highest BCUT2D eigenvalue weighted by Crippen LogP contribution is 2.26. The number of nitrogens with zero attached hydrogens (tertiary/aromatic N) is 1. The van der Waals surface area contributed by atoms with Crippen LogP contribution in [-0.2, 0) is 11.8 Å². The zero-order valence-corrected chi connectivity index (χ0v) is 15.1. The van der Waals surface area contributed by atoms with Crippen molar-refractivity contribution in [3.63, 3.8) is 0 Å². The van der Waals surface area contributed by atoms with E-state index < -0.39 is 0 Å². The smallest absolute Gasteiger partial charge is 0.259 e. The normalized spacial score (nSPS) is 11.8. The first-order valence-electron chi connectivity index (χ1n) is 7.86. The maximum Gasteiger partial charge on any atom is 0.259 e. The fourth-order valence-electron chi connectivity index (χ4n) is 2.72. The Bertz CT molecular complexity index is 960. The van der Waals surface area contributed by atoms with Gasteiger partial charge in [-0.15, -0.1) is 11.3 Å². The van der Waals surface area contributed by atoms with Crippen LogP contribution in [0.1, 0.15) is 53.0 Å². The molecule has 0 saturated carbocycles. The van der Waals surface area contributed by atoms with E-state index in [9.17, 15) is 9.59 Å². The predicted molar refractivity (Wildman–Crippen MR) is 98.3 cm³/mol. The van der Waals surface area contributed by atoms with Gasteiger partial charge in [-0.2, -0.15) is 0 Å². The minimum absolute atomic E-state index is 0.115. The summed E-state index contributed by atoms with van der Waals surface area (Å²) in [4.78, 5) is 32.0. The van der Waals surface area contributed by atoms with Crippen molar-refractivity contribution in [3.8, 4) is 0 Å². The van der Waals surface area contributed by atoms with Gasteiger partial charge >= 0.3 is 0 Å². The molecule has 0 unspecified atom stereocenters. The average Bonchev–Trinajstić information content (AvgIpc) is 2.83. The number of H-pyrrole nitrogens is 1. The molecule has 124 valence electrons. The molecule has 0 amide bonds. The van der Waals surface area contributed by atoms with E-state index in [0.717, 1.165) is 11.8 Å². The van der Waals surface area contributed by atoms with Gasteiger partial charge in [-0.3, -0.25) is 9.59 Å². The number of hydrogen-bond donors (Lipinski definition) is 1. The van der Waals surface area contributed by atoms with Crippen molar-refractivity contribution < 1.29 is 4.79 Å². The number of hydrogen-bond acceptors (Lipinski definition) is 4. The molecule has 0 aliphatic rings. The summed E-state index contributed by atoms with van der Waals surface area (Å²) in [7, 11) is 0. The van der Waals surface area contributed by atoms with Gasteiger partial charge in [0.2, 0.25) is 0 Å². The first-order valence-corrected chi connectivity index (χ1v) is 8.68. The molecule has 0 spiro atoms. The molecule has 1 N–H and O–H groups in total. The molecule has 0 radical (unpaired) electrons. The summed E-state index contributed by atoms with van der Waals surface area (Å²) in [5, 5.41) is 0.522. The third kappa shape index (κ3) is 3.04. The molecule has 24 heavy (non-hydrogen) atoms. The van der Waals surface area contributed by atoms with E-state index >= 15 is 0 Å². The van der Waals surface area contributed by atoms with Crippen LogP contribution in [0.25, 0.3) is 10.2 Å². The standard InChI is InChI=1S/C19H20N2O2S/c1-11-14(10-22)24-18-16(11)17(23)20-15(21-18)9-12-5-7-13(8-6-12)19(2,3)4/h5-8,10H,9H2,1-4H3,(H,20,21,23). The number of rotatable bonds is 3. The lowest BCUT2D eigenvalue weighted by Gasteiger charge is -2.19. The number of aromatic nitrogens is 2. The summed E-state index contributed by atoms with van der Waals surface area (Å²) in [6.07, 6.45) is 1.34. The lowest BCUT2D eigenvalue weighted by Crippen LogP contribution is -2.12. The second-order valence-electron chi connectivity index (χ2n) is 7.03. The maximum absolute atomic E-state index is 12.3. The first-order chi connectivity index (χ1) is 11.3. The molecule has 4 nitrogen and oxygen atoms in total. The van der Waals surface area contributed by atoms with Crippen molar-refractivity contribution in [1.82, 2.24) is 9.97 Å². The van der Waals surface area contributed by atoms with Crippen LogP contribution >= 0.6 is 11.3 Å². The number of aldehydes is 1. The molecule has 0 fully saturated rings. The van der Waals surface area contributed by atoms with Gasteiger partial charge in [0.1, 0.15) is 10.7 Å². The van der Waals surface area contributed by atoms with E-state index in [0.29, 0.717) is 32.9 Å². The highest BCUT2D eigenvalue weighted by atomic mass is 32.1. The molecule has 2 heterocycles. The number of aryl methyl sites for hydroxylation is 1. The van der Waals surface area contributed by atoms with Crippen LogP contribution in [0.2, 0.25) is 0 Å². The summed E-state index contributed by atoms with van der Waals surface area (Å²) in [5.74, 6) is 0.620. The van der Waals surface area contributed by atoms with E-state index in [1.165, 1.54) is 16.9 Å². The van der Waals surface area contributed by atoms with Gasteiger partial charge in [0.25, 0.3) is 5.56 Å². The van der Waals surface area contributed by atoms with Crippen molar-refractivity contribution in [2.75, 3.05) is 0 Å². The topological polar surface area (TPSA) is 62.8 Å². The van der Waals surface area contributed by atoms with Gasteiger partial charge in [0, 0.05) is 6.42 Å². The van der Waals surface area contributed by atoms with E-state index in [-0.39, 0.29) is 11.0 Å². The summed E-state index contributed by atoms with van der Waals surface area (Å²) in [6.45, 7) is 8.32. The van der Waals surface area contributed by atoms with Crippen LogP contribution in [0.15, 0.2) is 29.1 Å². The van der Waals surface area contributed by atoms with Crippen LogP contribution in [0.4, 0.5) is 0 Å². The largest absolute Gasteiger partial charge is 0.310 e. The van der Waals surface area contributed by atoms with Crippen LogP contribution in [-0.4, -0.2) is 16.3 Å². The SMILES string of the molecule is Cc1c(C=O)sc2nc(Cc3ccc(C(C)(C)C)cc3)[nH]c(=O)c12. The fraction of sp³-hybridized carbons (Fsp3) is 0.316. The molecule has 0 bridgehead atoms. The van der Waals surface area contributed by atoms with Crippen molar-refractivity contribution >= 4 is 27.8 Å². The van der Waals surface area contributed by atoms with E-state index in [1.54, 1.807) is 6.92 Å². The molecule has 5 heteroatoms. The molecule has 0 aliphatic carbocycles.